The quantitative estimate of drug-likeness (QED) is 0.688. The summed E-state index contributed by atoms with van der Waals surface area (Å²) in [5.41, 5.74) is 0.569. The molecule has 0 aliphatic rings. The second kappa shape index (κ2) is 4.77. The second-order valence-electron chi connectivity index (χ2n) is 3.38. The summed E-state index contributed by atoms with van der Waals surface area (Å²) in [6.07, 6.45) is 0. The van der Waals surface area contributed by atoms with Crippen LogP contribution in [-0.4, -0.2) is 24.1 Å². The Morgan fingerprint density at radius 1 is 1.29 bits per heavy atom. The van der Waals surface area contributed by atoms with Crippen LogP contribution in [0.3, 0.4) is 0 Å². The van der Waals surface area contributed by atoms with Gasteiger partial charge in [-0.15, -0.1) is 5.06 Å². The van der Waals surface area contributed by atoms with Crippen molar-refractivity contribution in [3.63, 3.8) is 0 Å². The fourth-order valence-electron chi connectivity index (χ4n) is 0.863. The van der Waals surface area contributed by atoms with Gasteiger partial charge in [-0.3, -0.25) is 0 Å². The monoisotopic (exact) mass is 193 g/mol. The van der Waals surface area contributed by atoms with Crippen LogP contribution in [0.5, 0.6) is 0 Å². The minimum Gasteiger partial charge on any atom is -0.364 e. The predicted molar refractivity (Wildman–Crippen MR) is 54.8 cm³/mol. The van der Waals surface area contributed by atoms with Crippen molar-refractivity contribution in [1.29, 1.82) is 0 Å². The number of hydrogen-bond acceptors (Lipinski definition) is 3. The zero-order valence-electron chi connectivity index (χ0n) is 8.73. The molecule has 1 rings (SSSR count). The van der Waals surface area contributed by atoms with Crippen LogP contribution in [0.1, 0.15) is 24.2 Å². The topological polar surface area (TPSA) is 29.5 Å². The van der Waals surface area contributed by atoms with Crippen LogP contribution in [0.15, 0.2) is 30.3 Å². The normalized spacial score (nSPS) is 10.6. The number of hydrogen-bond donors (Lipinski definition) is 0. The third-order valence-electron chi connectivity index (χ3n) is 1.96. The molecule has 14 heavy (non-hydrogen) atoms. The van der Waals surface area contributed by atoms with Crippen LogP contribution >= 0.6 is 0 Å². The van der Waals surface area contributed by atoms with Gasteiger partial charge in [-0.25, -0.2) is 4.79 Å². The van der Waals surface area contributed by atoms with Gasteiger partial charge < -0.3 is 4.84 Å². The van der Waals surface area contributed by atoms with Crippen LogP contribution in [0, 0.1) is 0 Å². The predicted octanol–water partition coefficient (Wildman–Crippen LogP) is 2.10. The first-order chi connectivity index (χ1) is 6.61. The molecule has 0 fully saturated rings. The Morgan fingerprint density at radius 2 is 1.86 bits per heavy atom. The van der Waals surface area contributed by atoms with Gasteiger partial charge in [-0.2, -0.15) is 0 Å². The molecule has 0 radical (unpaired) electrons. The molecule has 0 spiro atoms. The van der Waals surface area contributed by atoms with Gasteiger partial charge in [0.1, 0.15) is 0 Å². The van der Waals surface area contributed by atoms with E-state index in [-0.39, 0.29) is 12.0 Å². The van der Waals surface area contributed by atoms with Gasteiger partial charge in [0.2, 0.25) is 0 Å². The van der Waals surface area contributed by atoms with Crippen molar-refractivity contribution in [2.45, 2.75) is 19.9 Å². The third kappa shape index (κ3) is 2.85. The average molecular weight is 193 g/mol. The van der Waals surface area contributed by atoms with Crippen molar-refractivity contribution >= 4 is 5.97 Å². The minimum absolute atomic E-state index is 0.183. The SMILES string of the molecule is CC(C)N(C)OC(=O)c1ccccc1. The largest absolute Gasteiger partial charge is 0.364 e. The van der Waals surface area contributed by atoms with Crippen LogP contribution in [-0.2, 0) is 4.84 Å². The fraction of sp³-hybridized carbons (Fsp3) is 0.364. The lowest BCUT2D eigenvalue weighted by molar-refractivity contribution is -0.110. The molecule has 1 aromatic carbocycles. The highest BCUT2D eigenvalue weighted by Crippen LogP contribution is 2.04. The lowest BCUT2D eigenvalue weighted by atomic mass is 10.2. The molecule has 76 valence electrons. The van der Waals surface area contributed by atoms with Crippen molar-refractivity contribution in [2.75, 3.05) is 7.05 Å². The summed E-state index contributed by atoms with van der Waals surface area (Å²) in [4.78, 5) is 16.6. The van der Waals surface area contributed by atoms with Crippen molar-refractivity contribution in [1.82, 2.24) is 5.06 Å². The number of hydroxylamine groups is 2. The first-order valence-electron chi connectivity index (χ1n) is 4.61. The van der Waals surface area contributed by atoms with Gasteiger partial charge in [-0.05, 0) is 26.0 Å². The summed E-state index contributed by atoms with van der Waals surface area (Å²) in [5.74, 6) is -0.318. The summed E-state index contributed by atoms with van der Waals surface area (Å²) in [5, 5.41) is 1.54. The van der Waals surface area contributed by atoms with E-state index in [4.69, 9.17) is 4.84 Å². The summed E-state index contributed by atoms with van der Waals surface area (Å²) < 4.78 is 0. The molecule has 1 aromatic rings. The van der Waals surface area contributed by atoms with E-state index in [1.165, 1.54) is 5.06 Å². The number of rotatable bonds is 3. The Hall–Kier alpha value is -1.35. The molecular weight excluding hydrogens is 178 g/mol. The molecule has 0 saturated carbocycles. The van der Waals surface area contributed by atoms with Gasteiger partial charge in [0.15, 0.2) is 0 Å². The van der Waals surface area contributed by atoms with E-state index in [0.29, 0.717) is 5.56 Å². The minimum atomic E-state index is -0.318. The van der Waals surface area contributed by atoms with Gasteiger partial charge in [0.25, 0.3) is 0 Å². The zero-order chi connectivity index (χ0) is 10.6. The van der Waals surface area contributed by atoms with E-state index < -0.39 is 0 Å². The van der Waals surface area contributed by atoms with Crippen molar-refractivity contribution in [2.24, 2.45) is 0 Å². The first kappa shape index (κ1) is 10.7. The molecule has 0 N–H and O–H groups in total. The number of benzene rings is 1. The molecule has 0 saturated heterocycles. The van der Waals surface area contributed by atoms with Crippen LogP contribution in [0.25, 0.3) is 0 Å². The van der Waals surface area contributed by atoms with Gasteiger partial charge >= 0.3 is 5.97 Å². The standard InChI is InChI=1S/C11H15NO2/c1-9(2)12(3)14-11(13)10-7-5-4-6-8-10/h4-9H,1-3H3. The molecule has 3 nitrogen and oxygen atoms in total. The summed E-state index contributed by atoms with van der Waals surface area (Å²) in [6, 6.07) is 9.14. The van der Waals surface area contributed by atoms with Gasteiger partial charge in [-0.1, -0.05) is 18.2 Å². The Labute approximate surface area is 84.2 Å². The molecule has 3 heteroatoms. The Morgan fingerprint density at radius 3 is 2.36 bits per heavy atom. The summed E-state index contributed by atoms with van der Waals surface area (Å²) in [6.45, 7) is 3.91. The van der Waals surface area contributed by atoms with E-state index in [2.05, 4.69) is 0 Å². The Kier molecular flexibility index (Phi) is 3.65. The highest BCUT2D eigenvalue weighted by Gasteiger charge is 2.11. The van der Waals surface area contributed by atoms with Crippen molar-refractivity contribution < 1.29 is 9.63 Å². The Balaban J connectivity index is 2.60. The molecule has 0 aliphatic heterocycles. The molecule has 0 atom stereocenters. The van der Waals surface area contributed by atoms with Crippen molar-refractivity contribution in [3.05, 3.63) is 35.9 Å². The lowest BCUT2D eigenvalue weighted by Gasteiger charge is -2.19. The maximum Gasteiger partial charge on any atom is 0.357 e. The number of nitrogens with zero attached hydrogens (tertiary/aromatic N) is 1. The van der Waals surface area contributed by atoms with Crippen LogP contribution in [0.2, 0.25) is 0 Å². The highest BCUT2D eigenvalue weighted by molar-refractivity contribution is 5.89. The summed E-state index contributed by atoms with van der Waals surface area (Å²) >= 11 is 0. The number of carbonyl (C=O) groups excluding carboxylic acids is 1. The molecule has 0 aliphatic carbocycles. The van der Waals surface area contributed by atoms with E-state index in [9.17, 15) is 4.79 Å². The molecule has 0 bridgehead atoms. The lowest BCUT2D eigenvalue weighted by Crippen LogP contribution is -2.29. The van der Waals surface area contributed by atoms with E-state index in [1.807, 2.05) is 32.0 Å². The molecule has 0 heterocycles. The molecular formula is C11H15NO2. The fourth-order valence-corrected chi connectivity index (χ4v) is 0.863. The van der Waals surface area contributed by atoms with E-state index >= 15 is 0 Å². The number of carbonyl (C=O) groups is 1. The van der Waals surface area contributed by atoms with Gasteiger partial charge in [0.05, 0.1) is 5.56 Å². The first-order valence-corrected chi connectivity index (χ1v) is 4.61. The maximum atomic E-state index is 11.5. The highest BCUT2D eigenvalue weighted by atomic mass is 16.7. The van der Waals surface area contributed by atoms with Crippen LogP contribution in [0.4, 0.5) is 0 Å². The third-order valence-corrected chi connectivity index (χ3v) is 1.96. The second-order valence-corrected chi connectivity index (χ2v) is 3.38. The maximum absolute atomic E-state index is 11.5. The summed E-state index contributed by atoms with van der Waals surface area (Å²) in [7, 11) is 1.74. The zero-order valence-corrected chi connectivity index (χ0v) is 8.73. The molecule has 0 unspecified atom stereocenters. The van der Waals surface area contributed by atoms with Crippen molar-refractivity contribution in [3.8, 4) is 0 Å². The average Bonchev–Trinajstić information content (AvgIpc) is 2.19. The Bertz CT molecular complexity index is 295. The smallest absolute Gasteiger partial charge is 0.357 e. The van der Waals surface area contributed by atoms with E-state index in [1.54, 1.807) is 19.2 Å². The molecule has 0 aromatic heterocycles. The van der Waals surface area contributed by atoms with Crippen LogP contribution < -0.4 is 0 Å². The van der Waals surface area contributed by atoms with Gasteiger partial charge in [0, 0.05) is 13.1 Å². The molecule has 0 amide bonds. The van der Waals surface area contributed by atoms with E-state index in [0.717, 1.165) is 0 Å².